The van der Waals surface area contributed by atoms with Crippen LogP contribution in [0.3, 0.4) is 0 Å². The Morgan fingerprint density at radius 3 is 2.20 bits per heavy atom. The smallest absolute Gasteiger partial charge is 0.225 e. The van der Waals surface area contributed by atoms with Crippen molar-refractivity contribution in [1.82, 2.24) is 20.2 Å². The second-order valence-electron chi connectivity index (χ2n) is 5.79. The molecule has 1 aromatic carbocycles. The van der Waals surface area contributed by atoms with Crippen LogP contribution in [0.25, 0.3) is 11.1 Å². The molecule has 1 saturated heterocycles. The van der Waals surface area contributed by atoms with Crippen LogP contribution in [0.2, 0.25) is 5.15 Å². The van der Waals surface area contributed by atoms with Gasteiger partial charge in [-0.1, -0.05) is 41.9 Å². The SMILES string of the molecule is Clc1cc(-c2ccccc2)c(N2CCN(c3ncccn3)CC2)nn1. The maximum atomic E-state index is 6.09. The van der Waals surface area contributed by atoms with Gasteiger partial charge in [0.25, 0.3) is 0 Å². The topological polar surface area (TPSA) is 58.0 Å². The van der Waals surface area contributed by atoms with Crippen LogP contribution in [0.4, 0.5) is 11.8 Å². The van der Waals surface area contributed by atoms with Crippen molar-refractivity contribution in [2.75, 3.05) is 36.0 Å². The molecule has 1 aliphatic rings. The van der Waals surface area contributed by atoms with Crippen molar-refractivity contribution in [3.63, 3.8) is 0 Å². The molecule has 3 aromatic rings. The summed E-state index contributed by atoms with van der Waals surface area (Å²) in [4.78, 5) is 13.1. The first-order chi connectivity index (χ1) is 12.3. The molecule has 6 nitrogen and oxygen atoms in total. The van der Waals surface area contributed by atoms with Crippen LogP contribution in [0.5, 0.6) is 0 Å². The quantitative estimate of drug-likeness (QED) is 0.722. The van der Waals surface area contributed by atoms with E-state index in [1.165, 1.54) is 0 Å². The number of anilines is 2. The third kappa shape index (κ3) is 3.39. The molecule has 7 heteroatoms. The highest BCUT2D eigenvalue weighted by Crippen LogP contribution is 2.30. The molecule has 0 amide bonds. The van der Waals surface area contributed by atoms with Gasteiger partial charge in [0.2, 0.25) is 5.95 Å². The second kappa shape index (κ2) is 7.03. The molecule has 0 spiro atoms. The number of rotatable bonds is 3. The van der Waals surface area contributed by atoms with Crippen LogP contribution in [-0.2, 0) is 0 Å². The summed E-state index contributed by atoms with van der Waals surface area (Å²) in [6, 6.07) is 13.9. The van der Waals surface area contributed by atoms with E-state index in [0.717, 1.165) is 49.1 Å². The van der Waals surface area contributed by atoms with Crippen molar-refractivity contribution in [2.24, 2.45) is 0 Å². The first-order valence-corrected chi connectivity index (χ1v) is 8.54. The third-order valence-electron chi connectivity index (χ3n) is 4.24. The molecule has 0 atom stereocenters. The number of hydrogen-bond acceptors (Lipinski definition) is 6. The largest absolute Gasteiger partial charge is 0.351 e. The minimum atomic E-state index is 0.402. The summed E-state index contributed by atoms with van der Waals surface area (Å²) in [5.41, 5.74) is 2.09. The predicted octanol–water partition coefficient (Wildman–Crippen LogP) is 2.91. The summed E-state index contributed by atoms with van der Waals surface area (Å²) >= 11 is 6.09. The van der Waals surface area contributed by atoms with Crippen molar-refractivity contribution in [2.45, 2.75) is 0 Å². The molecule has 4 rings (SSSR count). The van der Waals surface area contributed by atoms with Gasteiger partial charge in [-0.2, -0.15) is 0 Å². The van der Waals surface area contributed by atoms with E-state index in [0.29, 0.717) is 5.15 Å². The van der Waals surface area contributed by atoms with E-state index in [9.17, 15) is 0 Å². The number of benzene rings is 1. The maximum Gasteiger partial charge on any atom is 0.225 e. The van der Waals surface area contributed by atoms with Crippen LogP contribution in [0.1, 0.15) is 0 Å². The fourth-order valence-electron chi connectivity index (χ4n) is 3.00. The van der Waals surface area contributed by atoms with Gasteiger partial charge < -0.3 is 9.80 Å². The van der Waals surface area contributed by atoms with Gasteiger partial charge in [0.1, 0.15) is 0 Å². The lowest BCUT2D eigenvalue weighted by Gasteiger charge is -2.35. The molecule has 126 valence electrons. The van der Waals surface area contributed by atoms with Crippen LogP contribution < -0.4 is 9.80 Å². The fraction of sp³-hybridized carbons (Fsp3) is 0.222. The van der Waals surface area contributed by atoms with E-state index in [4.69, 9.17) is 11.6 Å². The second-order valence-corrected chi connectivity index (χ2v) is 6.18. The molecule has 0 saturated carbocycles. The Morgan fingerprint density at radius 2 is 1.48 bits per heavy atom. The lowest BCUT2D eigenvalue weighted by Crippen LogP contribution is -2.47. The Labute approximate surface area is 151 Å². The van der Waals surface area contributed by atoms with Gasteiger partial charge in [-0.25, -0.2) is 9.97 Å². The molecule has 0 bridgehead atoms. The van der Waals surface area contributed by atoms with E-state index >= 15 is 0 Å². The van der Waals surface area contributed by atoms with Crippen molar-refractivity contribution >= 4 is 23.4 Å². The Hall–Kier alpha value is -2.73. The summed E-state index contributed by atoms with van der Waals surface area (Å²) in [5, 5.41) is 8.83. The lowest BCUT2D eigenvalue weighted by molar-refractivity contribution is 0.632. The van der Waals surface area contributed by atoms with Crippen LogP contribution >= 0.6 is 11.6 Å². The lowest BCUT2D eigenvalue weighted by atomic mass is 10.1. The zero-order valence-electron chi connectivity index (χ0n) is 13.6. The normalized spacial score (nSPS) is 14.6. The minimum absolute atomic E-state index is 0.402. The van der Waals surface area contributed by atoms with Gasteiger partial charge >= 0.3 is 0 Å². The summed E-state index contributed by atoms with van der Waals surface area (Å²) in [6.07, 6.45) is 3.54. The van der Waals surface area contributed by atoms with E-state index in [-0.39, 0.29) is 0 Å². The molecular weight excluding hydrogens is 336 g/mol. The third-order valence-corrected chi connectivity index (χ3v) is 4.43. The Morgan fingerprint density at radius 1 is 0.800 bits per heavy atom. The number of nitrogens with zero attached hydrogens (tertiary/aromatic N) is 6. The average Bonchev–Trinajstić information content (AvgIpc) is 2.69. The highest BCUT2D eigenvalue weighted by molar-refractivity contribution is 6.29. The number of halogens is 1. The standard InChI is InChI=1S/C18H17ClN6/c19-16-13-15(14-5-2-1-3-6-14)17(23-22-16)24-9-11-25(12-10-24)18-20-7-4-8-21-18/h1-8,13H,9-12H2. The summed E-state index contributed by atoms with van der Waals surface area (Å²) < 4.78 is 0. The monoisotopic (exact) mass is 352 g/mol. The molecule has 1 aliphatic heterocycles. The number of piperazine rings is 1. The number of aromatic nitrogens is 4. The van der Waals surface area contributed by atoms with E-state index in [1.54, 1.807) is 12.4 Å². The van der Waals surface area contributed by atoms with Crippen molar-refractivity contribution in [3.8, 4) is 11.1 Å². The van der Waals surface area contributed by atoms with Crippen molar-refractivity contribution in [1.29, 1.82) is 0 Å². The van der Waals surface area contributed by atoms with E-state index < -0.39 is 0 Å². The minimum Gasteiger partial charge on any atom is -0.351 e. The molecule has 0 radical (unpaired) electrons. The molecule has 0 unspecified atom stereocenters. The molecule has 3 heterocycles. The van der Waals surface area contributed by atoms with Crippen LogP contribution in [0, 0.1) is 0 Å². The van der Waals surface area contributed by atoms with Gasteiger partial charge in [0, 0.05) is 44.1 Å². The maximum absolute atomic E-state index is 6.09. The van der Waals surface area contributed by atoms with Gasteiger partial charge in [-0.05, 0) is 17.7 Å². The Kier molecular flexibility index (Phi) is 4.43. The summed E-state index contributed by atoms with van der Waals surface area (Å²) in [5.74, 6) is 1.64. The Bertz CT molecular complexity index is 835. The molecule has 1 fully saturated rings. The highest BCUT2D eigenvalue weighted by Gasteiger charge is 2.22. The van der Waals surface area contributed by atoms with Gasteiger partial charge in [-0.15, -0.1) is 10.2 Å². The van der Waals surface area contributed by atoms with Gasteiger partial charge in [0.05, 0.1) is 0 Å². The summed E-state index contributed by atoms with van der Waals surface area (Å²) in [7, 11) is 0. The molecule has 0 aliphatic carbocycles. The molecule has 0 N–H and O–H groups in total. The molecule has 25 heavy (non-hydrogen) atoms. The zero-order valence-corrected chi connectivity index (χ0v) is 14.3. The van der Waals surface area contributed by atoms with Crippen LogP contribution in [0.15, 0.2) is 54.9 Å². The van der Waals surface area contributed by atoms with Gasteiger partial charge in [0.15, 0.2) is 11.0 Å². The Balaban J connectivity index is 1.57. The molecular formula is C18H17ClN6. The predicted molar refractivity (Wildman–Crippen MR) is 98.9 cm³/mol. The highest BCUT2D eigenvalue weighted by atomic mass is 35.5. The molecule has 2 aromatic heterocycles. The number of hydrogen-bond donors (Lipinski definition) is 0. The summed E-state index contributed by atoms with van der Waals surface area (Å²) in [6.45, 7) is 3.33. The van der Waals surface area contributed by atoms with E-state index in [2.05, 4.69) is 42.1 Å². The van der Waals surface area contributed by atoms with Crippen molar-refractivity contribution < 1.29 is 0 Å². The van der Waals surface area contributed by atoms with Crippen LogP contribution in [-0.4, -0.2) is 46.3 Å². The van der Waals surface area contributed by atoms with Crippen molar-refractivity contribution in [3.05, 3.63) is 60.0 Å². The van der Waals surface area contributed by atoms with Gasteiger partial charge in [-0.3, -0.25) is 0 Å². The fourth-order valence-corrected chi connectivity index (χ4v) is 3.14. The zero-order chi connectivity index (χ0) is 17.1. The first-order valence-electron chi connectivity index (χ1n) is 8.17. The van der Waals surface area contributed by atoms with E-state index in [1.807, 2.05) is 30.3 Å². The first kappa shape index (κ1) is 15.8. The average molecular weight is 353 g/mol.